The van der Waals surface area contributed by atoms with Gasteiger partial charge in [0, 0.05) is 16.9 Å². The minimum atomic E-state index is 0.807. The van der Waals surface area contributed by atoms with E-state index in [1.165, 1.54) is 0 Å². The van der Waals surface area contributed by atoms with Crippen LogP contribution in [0.4, 0.5) is 17.1 Å². The van der Waals surface area contributed by atoms with Gasteiger partial charge in [-0.3, -0.25) is 0 Å². The van der Waals surface area contributed by atoms with Crippen LogP contribution < -0.4 is 23.8 Å². The average Bonchev–Trinajstić information content (AvgIpc) is 3.31. The normalized spacial score (nSPS) is 10.9. The minimum absolute atomic E-state index is 0.807. The standard InChI is InChI=1S/C54H47NO4/c1-56-47-32-24-41(25-33-47)51(42-26-34-48(57-2)35-27-42)20-11-14-40-15-12-23-54(55(45-16-7-5-8-17-45)46-18-9-6-10-19-46)53(40)22-13-21-52(43-28-36-49(58-3)37-29-43)44-30-38-50(59-4)39-31-44/h5-39H,1-4H3. The van der Waals surface area contributed by atoms with Crippen LogP contribution in [0.25, 0.3) is 23.3 Å². The summed E-state index contributed by atoms with van der Waals surface area (Å²) in [7, 11) is 6.74. The Labute approximate surface area is 348 Å². The Balaban J connectivity index is 1.38. The number of nitrogens with zero attached hydrogens (tertiary/aromatic N) is 1. The zero-order valence-corrected chi connectivity index (χ0v) is 33.8. The molecule has 7 aromatic carbocycles. The zero-order valence-electron chi connectivity index (χ0n) is 33.8. The topological polar surface area (TPSA) is 40.2 Å². The third kappa shape index (κ3) is 9.73. The van der Waals surface area contributed by atoms with Gasteiger partial charge in [0.05, 0.1) is 34.1 Å². The average molecular weight is 774 g/mol. The molecule has 0 spiro atoms. The molecule has 0 heterocycles. The zero-order chi connectivity index (χ0) is 40.8. The second-order valence-corrected chi connectivity index (χ2v) is 13.6. The molecule has 0 radical (unpaired) electrons. The van der Waals surface area contributed by atoms with E-state index < -0.39 is 0 Å². The molecular weight excluding hydrogens is 727 g/mol. The van der Waals surface area contributed by atoms with Crippen molar-refractivity contribution in [3.63, 3.8) is 0 Å². The fraction of sp³-hybridized carbons (Fsp3) is 0.0741. The Bertz CT molecular complexity index is 2400. The van der Waals surface area contributed by atoms with Crippen LogP contribution in [0.15, 0.2) is 200 Å². The smallest absolute Gasteiger partial charge is 0.118 e. The van der Waals surface area contributed by atoms with E-state index in [-0.39, 0.29) is 0 Å². The molecule has 0 N–H and O–H groups in total. The summed E-state index contributed by atoms with van der Waals surface area (Å²) in [5.41, 5.74) is 11.7. The third-order valence-electron chi connectivity index (χ3n) is 10.1. The fourth-order valence-electron chi connectivity index (χ4n) is 6.96. The van der Waals surface area contributed by atoms with Gasteiger partial charge in [0.15, 0.2) is 0 Å². The number of allylic oxidation sites excluding steroid dienone is 4. The van der Waals surface area contributed by atoms with Gasteiger partial charge in [-0.2, -0.15) is 0 Å². The SMILES string of the molecule is COc1ccc(C(=CC=Cc2cccc(N(c3ccccc3)c3ccccc3)c2C=CC=C(c2ccc(OC)cc2)c2ccc(OC)cc2)c2ccc(OC)cc2)cc1. The number of rotatable bonds is 15. The molecule has 0 saturated carbocycles. The van der Waals surface area contributed by atoms with E-state index in [0.717, 1.165) is 84.6 Å². The Morgan fingerprint density at radius 2 is 0.729 bits per heavy atom. The molecule has 0 unspecified atom stereocenters. The van der Waals surface area contributed by atoms with Crippen molar-refractivity contribution in [2.24, 2.45) is 0 Å². The Morgan fingerprint density at radius 1 is 0.373 bits per heavy atom. The van der Waals surface area contributed by atoms with Gasteiger partial charge >= 0.3 is 0 Å². The minimum Gasteiger partial charge on any atom is -0.497 e. The van der Waals surface area contributed by atoms with Crippen molar-refractivity contribution in [1.82, 2.24) is 0 Å². The van der Waals surface area contributed by atoms with Gasteiger partial charge in [0.25, 0.3) is 0 Å². The molecule has 0 aliphatic carbocycles. The summed E-state index contributed by atoms with van der Waals surface area (Å²) < 4.78 is 21.9. The van der Waals surface area contributed by atoms with Crippen molar-refractivity contribution in [3.05, 3.63) is 234 Å². The summed E-state index contributed by atoms with van der Waals surface area (Å²) in [6.07, 6.45) is 13.0. The molecule has 0 aromatic heterocycles. The molecule has 0 saturated heterocycles. The Morgan fingerprint density at radius 3 is 1.08 bits per heavy atom. The molecule has 0 amide bonds. The number of ether oxygens (including phenoxy) is 4. The van der Waals surface area contributed by atoms with Crippen LogP contribution in [0.1, 0.15) is 33.4 Å². The fourth-order valence-corrected chi connectivity index (χ4v) is 6.96. The monoisotopic (exact) mass is 773 g/mol. The molecule has 0 aliphatic heterocycles. The quantitative estimate of drug-likeness (QED) is 0.0971. The summed E-state index contributed by atoms with van der Waals surface area (Å²) in [4.78, 5) is 2.31. The first-order valence-electron chi connectivity index (χ1n) is 19.5. The Hall–Kier alpha value is -7.50. The van der Waals surface area contributed by atoms with Crippen LogP contribution in [0.3, 0.4) is 0 Å². The second-order valence-electron chi connectivity index (χ2n) is 13.6. The summed E-state index contributed by atoms with van der Waals surface area (Å²) in [5, 5.41) is 0. The van der Waals surface area contributed by atoms with Crippen molar-refractivity contribution in [2.75, 3.05) is 33.3 Å². The van der Waals surface area contributed by atoms with Crippen LogP contribution >= 0.6 is 0 Å². The van der Waals surface area contributed by atoms with E-state index in [1.807, 2.05) is 60.7 Å². The highest BCUT2D eigenvalue weighted by molar-refractivity contribution is 5.88. The predicted octanol–water partition coefficient (Wildman–Crippen LogP) is 13.5. The lowest BCUT2D eigenvalue weighted by atomic mass is 9.96. The van der Waals surface area contributed by atoms with Gasteiger partial charge in [-0.25, -0.2) is 0 Å². The first kappa shape index (κ1) is 39.7. The number of para-hydroxylation sites is 2. The van der Waals surface area contributed by atoms with E-state index in [1.54, 1.807) is 28.4 Å². The molecule has 0 fully saturated rings. The summed E-state index contributed by atoms with van der Waals surface area (Å²) >= 11 is 0. The number of hydrogen-bond donors (Lipinski definition) is 0. The van der Waals surface area contributed by atoms with Crippen LogP contribution in [0.5, 0.6) is 23.0 Å². The maximum atomic E-state index is 5.49. The Kier molecular flexibility index (Phi) is 13.2. The molecule has 0 aliphatic rings. The van der Waals surface area contributed by atoms with Crippen LogP contribution in [0.2, 0.25) is 0 Å². The molecular formula is C54H47NO4. The third-order valence-corrected chi connectivity index (χ3v) is 10.1. The molecule has 0 atom stereocenters. The maximum absolute atomic E-state index is 5.49. The summed E-state index contributed by atoms with van der Waals surface area (Å²) in [6.45, 7) is 0. The van der Waals surface area contributed by atoms with E-state index in [9.17, 15) is 0 Å². The van der Waals surface area contributed by atoms with Gasteiger partial charge in [-0.15, -0.1) is 0 Å². The van der Waals surface area contributed by atoms with Gasteiger partial charge in [-0.05, 0) is 118 Å². The molecule has 5 nitrogen and oxygen atoms in total. The largest absolute Gasteiger partial charge is 0.497 e. The molecule has 7 aromatic rings. The number of anilines is 3. The van der Waals surface area contributed by atoms with E-state index in [4.69, 9.17) is 18.9 Å². The lowest BCUT2D eigenvalue weighted by Gasteiger charge is -2.27. The van der Waals surface area contributed by atoms with Crippen molar-refractivity contribution < 1.29 is 18.9 Å². The molecule has 5 heteroatoms. The van der Waals surface area contributed by atoms with Gasteiger partial charge in [0.2, 0.25) is 0 Å². The maximum Gasteiger partial charge on any atom is 0.118 e. The molecule has 59 heavy (non-hydrogen) atoms. The molecule has 7 rings (SSSR count). The summed E-state index contributed by atoms with van der Waals surface area (Å²) in [5.74, 6) is 3.23. The highest BCUT2D eigenvalue weighted by Gasteiger charge is 2.17. The number of benzene rings is 7. The first-order chi connectivity index (χ1) is 29.1. The van der Waals surface area contributed by atoms with E-state index in [2.05, 4.69) is 157 Å². The van der Waals surface area contributed by atoms with Gasteiger partial charge < -0.3 is 23.8 Å². The second kappa shape index (κ2) is 19.6. The molecule has 292 valence electrons. The van der Waals surface area contributed by atoms with Gasteiger partial charge in [0.1, 0.15) is 23.0 Å². The van der Waals surface area contributed by atoms with E-state index >= 15 is 0 Å². The van der Waals surface area contributed by atoms with E-state index in [0.29, 0.717) is 0 Å². The van der Waals surface area contributed by atoms with Crippen LogP contribution in [-0.2, 0) is 0 Å². The van der Waals surface area contributed by atoms with Gasteiger partial charge in [-0.1, -0.05) is 134 Å². The summed E-state index contributed by atoms with van der Waals surface area (Å²) in [6, 6.07) is 60.1. The lowest BCUT2D eigenvalue weighted by molar-refractivity contribution is 0.414. The van der Waals surface area contributed by atoms with Crippen molar-refractivity contribution in [1.29, 1.82) is 0 Å². The number of hydrogen-bond acceptors (Lipinski definition) is 5. The van der Waals surface area contributed by atoms with Crippen LogP contribution in [-0.4, -0.2) is 28.4 Å². The predicted molar refractivity (Wildman–Crippen MR) is 245 cm³/mol. The number of methoxy groups -OCH3 is 4. The highest BCUT2D eigenvalue weighted by Crippen LogP contribution is 2.39. The first-order valence-corrected chi connectivity index (χ1v) is 19.5. The van der Waals surface area contributed by atoms with Crippen molar-refractivity contribution >= 4 is 40.4 Å². The molecule has 0 bridgehead atoms. The highest BCUT2D eigenvalue weighted by atomic mass is 16.5. The van der Waals surface area contributed by atoms with Crippen molar-refractivity contribution in [2.45, 2.75) is 0 Å². The lowest BCUT2D eigenvalue weighted by Crippen LogP contribution is -2.11. The van der Waals surface area contributed by atoms with Crippen LogP contribution in [0, 0.1) is 0 Å². The van der Waals surface area contributed by atoms with Crippen molar-refractivity contribution in [3.8, 4) is 23.0 Å².